The Morgan fingerprint density at radius 1 is 1.29 bits per heavy atom. The molecule has 0 fully saturated rings. The van der Waals surface area contributed by atoms with Crippen LogP contribution in [0.5, 0.6) is 0 Å². The van der Waals surface area contributed by atoms with Crippen LogP contribution in [0.2, 0.25) is 0 Å². The molecule has 0 spiro atoms. The Bertz CT molecular complexity index is 314. The maximum atomic E-state index is 11.8. The molecular formula is C12H21N3O2. The summed E-state index contributed by atoms with van der Waals surface area (Å²) in [6, 6.07) is 2.07. The van der Waals surface area contributed by atoms with Crippen LogP contribution in [-0.4, -0.2) is 24.4 Å². The van der Waals surface area contributed by atoms with Gasteiger partial charge in [0, 0.05) is 6.04 Å². The molecule has 0 atom stereocenters. The van der Waals surface area contributed by atoms with Crippen molar-refractivity contribution in [3.63, 3.8) is 0 Å². The zero-order valence-corrected chi connectivity index (χ0v) is 11.0. The van der Waals surface area contributed by atoms with Gasteiger partial charge in [-0.15, -0.1) is 0 Å². The van der Waals surface area contributed by atoms with Crippen molar-refractivity contribution in [3.05, 3.63) is 0 Å². The Morgan fingerprint density at radius 3 is 2.18 bits per heavy atom. The van der Waals surface area contributed by atoms with Gasteiger partial charge in [-0.2, -0.15) is 5.26 Å². The lowest BCUT2D eigenvalue weighted by Crippen LogP contribution is -2.45. The second kappa shape index (κ2) is 6.89. The topological polar surface area (TPSA) is 82.0 Å². The molecule has 0 aliphatic rings. The van der Waals surface area contributed by atoms with Crippen molar-refractivity contribution in [2.45, 2.75) is 46.6 Å². The van der Waals surface area contributed by atoms with E-state index in [2.05, 4.69) is 10.6 Å². The van der Waals surface area contributed by atoms with Crippen LogP contribution in [0.15, 0.2) is 0 Å². The van der Waals surface area contributed by atoms with Crippen LogP contribution in [0.3, 0.4) is 0 Å². The Morgan fingerprint density at radius 2 is 1.82 bits per heavy atom. The lowest BCUT2D eigenvalue weighted by Gasteiger charge is -2.22. The summed E-state index contributed by atoms with van der Waals surface area (Å²) in [4.78, 5) is 23.2. The van der Waals surface area contributed by atoms with E-state index in [-0.39, 0.29) is 24.4 Å². The van der Waals surface area contributed by atoms with E-state index in [4.69, 9.17) is 5.26 Å². The predicted molar refractivity (Wildman–Crippen MR) is 64.9 cm³/mol. The minimum atomic E-state index is -1.02. The molecular weight excluding hydrogens is 218 g/mol. The van der Waals surface area contributed by atoms with E-state index >= 15 is 0 Å². The third-order valence-corrected chi connectivity index (χ3v) is 2.71. The summed E-state index contributed by atoms with van der Waals surface area (Å²) >= 11 is 0. The van der Waals surface area contributed by atoms with Gasteiger partial charge >= 0.3 is 0 Å². The molecule has 0 saturated heterocycles. The zero-order valence-electron chi connectivity index (χ0n) is 11.0. The van der Waals surface area contributed by atoms with Crippen LogP contribution in [0.4, 0.5) is 0 Å². The van der Waals surface area contributed by atoms with Gasteiger partial charge in [-0.25, -0.2) is 0 Å². The van der Waals surface area contributed by atoms with Crippen LogP contribution in [-0.2, 0) is 9.59 Å². The average Bonchev–Trinajstić information content (AvgIpc) is 2.28. The normalized spacial score (nSPS) is 10.8. The van der Waals surface area contributed by atoms with Gasteiger partial charge in [0.25, 0.3) is 0 Å². The summed E-state index contributed by atoms with van der Waals surface area (Å²) in [5, 5.41) is 14.2. The van der Waals surface area contributed by atoms with Crippen molar-refractivity contribution >= 4 is 11.8 Å². The third kappa shape index (κ3) is 4.43. The number of amides is 2. The van der Waals surface area contributed by atoms with E-state index in [1.165, 1.54) is 0 Å². The highest BCUT2D eigenvalue weighted by atomic mass is 16.2. The maximum Gasteiger partial charge on any atom is 0.240 e. The summed E-state index contributed by atoms with van der Waals surface area (Å²) in [5.41, 5.74) is -1.02. The SMILES string of the molecule is CCC(C#N)(CC)C(=O)NCC(=O)NC(C)C. The van der Waals surface area contributed by atoms with Crippen LogP contribution >= 0.6 is 0 Å². The monoisotopic (exact) mass is 239 g/mol. The number of hydrogen-bond donors (Lipinski definition) is 2. The second-order valence-corrected chi connectivity index (χ2v) is 4.31. The van der Waals surface area contributed by atoms with E-state index in [0.29, 0.717) is 12.8 Å². The molecule has 0 aromatic rings. The molecule has 0 aromatic carbocycles. The van der Waals surface area contributed by atoms with Crippen molar-refractivity contribution in [1.29, 1.82) is 5.26 Å². The lowest BCUT2D eigenvalue weighted by molar-refractivity contribution is -0.131. The maximum absolute atomic E-state index is 11.8. The molecule has 5 heteroatoms. The van der Waals surface area contributed by atoms with Crippen molar-refractivity contribution < 1.29 is 9.59 Å². The first kappa shape index (κ1) is 15.4. The fourth-order valence-corrected chi connectivity index (χ4v) is 1.48. The first-order valence-corrected chi connectivity index (χ1v) is 5.90. The van der Waals surface area contributed by atoms with E-state index in [9.17, 15) is 9.59 Å². The van der Waals surface area contributed by atoms with E-state index in [1.54, 1.807) is 13.8 Å². The molecule has 96 valence electrons. The van der Waals surface area contributed by atoms with Gasteiger partial charge in [-0.1, -0.05) is 13.8 Å². The van der Waals surface area contributed by atoms with Crippen LogP contribution < -0.4 is 10.6 Å². The van der Waals surface area contributed by atoms with Crippen LogP contribution in [0, 0.1) is 16.7 Å². The van der Waals surface area contributed by atoms with Crippen molar-refractivity contribution in [3.8, 4) is 6.07 Å². The van der Waals surface area contributed by atoms with Crippen LogP contribution in [0.25, 0.3) is 0 Å². The first-order chi connectivity index (χ1) is 7.91. The van der Waals surface area contributed by atoms with E-state index in [0.717, 1.165) is 0 Å². The number of nitrogens with zero attached hydrogens (tertiary/aromatic N) is 1. The van der Waals surface area contributed by atoms with Gasteiger partial charge in [0.05, 0.1) is 12.6 Å². The molecule has 0 unspecified atom stereocenters. The molecule has 2 N–H and O–H groups in total. The van der Waals surface area contributed by atoms with Crippen LogP contribution in [0.1, 0.15) is 40.5 Å². The smallest absolute Gasteiger partial charge is 0.240 e. The Balaban J connectivity index is 4.36. The van der Waals surface area contributed by atoms with E-state index < -0.39 is 5.41 Å². The van der Waals surface area contributed by atoms with E-state index in [1.807, 2.05) is 19.9 Å². The highest BCUT2D eigenvalue weighted by Gasteiger charge is 2.34. The van der Waals surface area contributed by atoms with Gasteiger partial charge in [-0.05, 0) is 26.7 Å². The highest BCUT2D eigenvalue weighted by molar-refractivity contribution is 5.89. The molecule has 5 nitrogen and oxygen atoms in total. The number of carbonyl (C=O) groups excluding carboxylic acids is 2. The average molecular weight is 239 g/mol. The molecule has 2 amide bonds. The number of rotatable bonds is 6. The summed E-state index contributed by atoms with van der Waals surface area (Å²) in [6.45, 7) is 7.19. The van der Waals surface area contributed by atoms with Gasteiger partial charge in [-0.3, -0.25) is 9.59 Å². The summed E-state index contributed by atoms with van der Waals surface area (Å²) in [6.07, 6.45) is 0.884. The number of hydrogen-bond acceptors (Lipinski definition) is 3. The molecule has 0 heterocycles. The number of nitriles is 1. The van der Waals surface area contributed by atoms with Crippen molar-refractivity contribution in [2.75, 3.05) is 6.54 Å². The van der Waals surface area contributed by atoms with Gasteiger partial charge in [0.2, 0.25) is 11.8 Å². The van der Waals surface area contributed by atoms with Gasteiger partial charge in [0.1, 0.15) is 5.41 Å². The molecule has 17 heavy (non-hydrogen) atoms. The Labute approximate surface area is 103 Å². The third-order valence-electron chi connectivity index (χ3n) is 2.71. The highest BCUT2D eigenvalue weighted by Crippen LogP contribution is 2.25. The zero-order chi connectivity index (χ0) is 13.5. The fourth-order valence-electron chi connectivity index (χ4n) is 1.48. The summed E-state index contributed by atoms with van der Waals surface area (Å²) in [5.74, 6) is -0.615. The molecule has 0 aromatic heterocycles. The number of nitrogens with one attached hydrogen (secondary N) is 2. The summed E-state index contributed by atoms with van der Waals surface area (Å²) in [7, 11) is 0. The minimum absolute atomic E-state index is 0.0393. The van der Waals surface area contributed by atoms with Gasteiger partial charge in [0.15, 0.2) is 0 Å². The Hall–Kier alpha value is -1.57. The second-order valence-electron chi connectivity index (χ2n) is 4.31. The standard InChI is InChI=1S/C12H21N3O2/c1-5-12(6-2,8-13)11(17)14-7-10(16)15-9(3)4/h9H,5-7H2,1-4H3,(H,14,17)(H,15,16). The molecule has 0 saturated carbocycles. The minimum Gasteiger partial charge on any atom is -0.352 e. The van der Waals surface area contributed by atoms with Crippen molar-refractivity contribution in [1.82, 2.24) is 10.6 Å². The largest absolute Gasteiger partial charge is 0.352 e. The number of carbonyl (C=O) groups is 2. The molecule has 0 bridgehead atoms. The Kier molecular flexibility index (Phi) is 6.26. The molecule has 0 aliphatic carbocycles. The molecule has 0 rings (SSSR count). The molecule has 0 radical (unpaired) electrons. The summed E-state index contributed by atoms with van der Waals surface area (Å²) < 4.78 is 0. The fraction of sp³-hybridized carbons (Fsp3) is 0.750. The lowest BCUT2D eigenvalue weighted by atomic mass is 9.83. The first-order valence-electron chi connectivity index (χ1n) is 5.90. The van der Waals surface area contributed by atoms with Crippen molar-refractivity contribution in [2.24, 2.45) is 5.41 Å². The van der Waals surface area contributed by atoms with Gasteiger partial charge < -0.3 is 10.6 Å². The predicted octanol–water partition coefficient (Wildman–Crippen LogP) is 0.957. The quantitative estimate of drug-likeness (QED) is 0.724. The molecule has 0 aliphatic heterocycles.